The van der Waals surface area contributed by atoms with E-state index in [-0.39, 0.29) is 17.7 Å². The Morgan fingerprint density at radius 3 is 2.79 bits per heavy atom. The number of thiophene rings is 1. The van der Waals surface area contributed by atoms with Crippen molar-refractivity contribution in [2.45, 2.75) is 19.3 Å². The van der Waals surface area contributed by atoms with Crippen molar-refractivity contribution in [2.75, 3.05) is 27.2 Å². The molecule has 2 aromatic rings. The zero-order chi connectivity index (χ0) is 17.3. The Labute approximate surface area is 144 Å². The molecule has 0 bridgehead atoms. The molecule has 0 aromatic carbocycles. The van der Waals surface area contributed by atoms with Crippen molar-refractivity contribution in [3.63, 3.8) is 0 Å². The second-order valence-corrected chi connectivity index (χ2v) is 6.87. The van der Waals surface area contributed by atoms with Gasteiger partial charge in [-0.2, -0.15) is 0 Å². The first-order valence-electron chi connectivity index (χ1n) is 7.69. The number of fused-ring (bicyclic) bond motifs is 1. The topological polar surface area (TPSA) is 66.4 Å². The fraction of sp³-hybridized carbons (Fsp3) is 0.412. The molecular weight excluding hydrogens is 324 g/mol. The number of carbonyl (C=O) groups is 2. The van der Waals surface area contributed by atoms with Gasteiger partial charge in [0.05, 0.1) is 4.88 Å². The largest absolute Gasteiger partial charge is 0.344 e. The number of likely N-dealkylation sites (tertiary alicyclic amines) is 1. The lowest BCUT2D eigenvalue weighted by atomic mass is 9.97. The first kappa shape index (κ1) is 16.4. The van der Waals surface area contributed by atoms with E-state index in [0.29, 0.717) is 18.0 Å². The highest BCUT2D eigenvalue weighted by atomic mass is 32.1. The van der Waals surface area contributed by atoms with Crippen LogP contribution in [0.2, 0.25) is 0 Å². The third-order valence-electron chi connectivity index (χ3n) is 4.08. The molecule has 3 heterocycles. The molecule has 1 saturated heterocycles. The molecule has 1 fully saturated rings. The van der Waals surface area contributed by atoms with Crippen molar-refractivity contribution in [1.82, 2.24) is 19.8 Å². The first-order valence-corrected chi connectivity index (χ1v) is 8.51. The zero-order valence-corrected chi connectivity index (χ0v) is 14.7. The van der Waals surface area contributed by atoms with Crippen molar-refractivity contribution in [3.8, 4) is 11.8 Å². The predicted octanol–water partition coefficient (Wildman–Crippen LogP) is 1.73. The number of carbonyl (C=O) groups excluding carboxylic acids is 2. The van der Waals surface area contributed by atoms with Gasteiger partial charge in [0.1, 0.15) is 10.3 Å². The summed E-state index contributed by atoms with van der Waals surface area (Å²) in [5.41, 5.74) is 1.69. The summed E-state index contributed by atoms with van der Waals surface area (Å²) in [4.78, 5) is 38.1. The molecule has 0 saturated carbocycles. The second-order valence-electron chi connectivity index (χ2n) is 5.87. The van der Waals surface area contributed by atoms with Crippen LogP contribution in [0.4, 0.5) is 0 Å². The zero-order valence-electron chi connectivity index (χ0n) is 13.9. The Morgan fingerprint density at radius 1 is 1.33 bits per heavy atom. The Balaban J connectivity index is 2.02. The lowest BCUT2D eigenvalue weighted by molar-refractivity contribution is -0.124. The molecule has 6 nitrogen and oxygen atoms in total. The summed E-state index contributed by atoms with van der Waals surface area (Å²) in [5, 5.41) is 0. The predicted molar refractivity (Wildman–Crippen MR) is 92.8 cm³/mol. The molecule has 7 heteroatoms. The van der Waals surface area contributed by atoms with Gasteiger partial charge in [-0.1, -0.05) is 5.92 Å². The highest BCUT2D eigenvalue weighted by molar-refractivity contribution is 7.20. The summed E-state index contributed by atoms with van der Waals surface area (Å²) in [6.07, 6.45) is 4.07. The standard InChI is InChI=1S/C17H18N4O2S/c1-4-5-12(22)21-9-6-11(10-21)13-14-16(19-8-7-18-14)24-15(13)17(23)20(2)3/h7-8,11H,6,9-10H2,1-3H3. The van der Waals surface area contributed by atoms with E-state index in [4.69, 9.17) is 0 Å². The average Bonchev–Trinajstić information content (AvgIpc) is 3.18. The van der Waals surface area contributed by atoms with Crippen molar-refractivity contribution < 1.29 is 9.59 Å². The van der Waals surface area contributed by atoms with Gasteiger partial charge >= 0.3 is 0 Å². The summed E-state index contributed by atoms with van der Waals surface area (Å²) in [6.45, 7) is 2.86. The minimum atomic E-state index is -0.161. The van der Waals surface area contributed by atoms with Crippen LogP contribution in [0.1, 0.15) is 34.5 Å². The Kier molecular flexibility index (Phi) is 4.49. The lowest BCUT2D eigenvalue weighted by Crippen LogP contribution is -2.27. The molecule has 2 amide bonds. The number of hydrogen-bond acceptors (Lipinski definition) is 5. The maximum Gasteiger partial charge on any atom is 0.298 e. The van der Waals surface area contributed by atoms with Gasteiger partial charge < -0.3 is 9.80 Å². The fourth-order valence-corrected chi connectivity index (χ4v) is 4.16. The van der Waals surface area contributed by atoms with Crippen LogP contribution in [0.15, 0.2) is 12.4 Å². The molecule has 3 rings (SSSR count). The highest BCUT2D eigenvalue weighted by Gasteiger charge is 2.33. The molecule has 0 radical (unpaired) electrons. The van der Waals surface area contributed by atoms with Crippen LogP contribution in [-0.4, -0.2) is 58.8 Å². The van der Waals surface area contributed by atoms with Gasteiger partial charge in [-0.05, 0) is 19.3 Å². The first-order chi connectivity index (χ1) is 11.5. The van der Waals surface area contributed by atoms with Crippen LogP contribution >= 0.6 is 11.3 Å². The van der Waals surface area contributed by atoms with Crippen molar-refractivity contribution in [1.29, 1.82) is 0 Å². The maximum absolute atomic E-state index is 12.6. The van der Waals surface area contributed by atoms with Gasteiger partial charge in [0, 0.05) is 51.1 Å². The van der Waals surface area contributed by atoms with Crippen molar-refractivity contribution in [2.24, 2.45) is 0 Å². The Morgan fingerprint density at radius 2 is 2.08 bits per heavy atom. The minimum absolute atomic E-state index is 0.0482. The number of nitrogens with zero attached hydrogens (tertiary/aromatic N) is 4. The van der Waals surface area contributed by atoms with E-state index in [2.05, 4.69) is 21.8 Å². The summed E-state index contributed by atoms with van der Waals surface area (Å²) in [6, 6.07) is 0. The number of amides is 2. The van der Waals surface area contributed by atoms with Crippen LogP contribution in [0.25, 0.3) is 10.3 Å². The van der Waals surface area contributed by atoms with E-state index in [1.807, 2.05) is 0 Å². The molecule has 2 aromatic heterocycles. The molecule has 0 spiro atoms. The van der Waals surface area contributed by atoms with E-state index < -0.39 is 0 Å². The molecule has 0 N–H and O–H groups in total. The van der Waals surface area contributed by atoms with Gasteiger partial charge in [-0.15, -0.1) is 11.3 Å². The second kappa shape index (κ2) is 6.57. The lowest BCUT2D eigenvalue weighted by Gasteiger charge is -2.15. The SMILES string of the molecule is CC#CC(=O)N1CCC(c2c(C(=O)N(C)C)sc3nccnc23)C1. The number of aromatic nitrogens is 2. The fourth-order valence-electron chi connectivity index (χ4n) is 2.95. The van der Waals surface area contributed by atoms with Crippen molar-refractivity contribution in [3.05, 3.63) is 22.8 Å². The van der Waals surface area contributed by atoms with Crippen LogP contribution in [-0.2, 0) is 4.79 Å². The molecule has 0 aliphatic carbocycles. The summed E-state index contributed by atoms with van der Waals surface area (Å²) in [7, 11) is 3.47. The molecule has 124 valence electrons. The van der Waals surface area contributed by atoms with E-state index >= 15 is 0 Å². The van der Waals surface area contributed by atoms with Gasteiger partial charge in [-0.25, -0.2) is 4.98 Å². The van der Waals surface area contributed by atoms with E-state index in [9.17, 15) is 9.59 Å². The number of rotatable bonds is 2. The van der Waals surface area contributed by atoms with Gasteiger partial charge in [0.25, 0.3) is 11.8 Å². The third kappa shape index (κ3) is 2.85. The Bertz CT molecular complexity index is 862. The Hall–Kier alpha value is -2.46. The molecule has 1 unspecified atom stereocenters. The molecule has 24 heavy (non-hydrogen) atoms. The maximum atomic E-state index is 12.6. The quantitative estimate of drug-likeness (QED) is 0.780. The third-order valence-corrected chi connectivity index (χ3v) is 5.17. The molecule has 1 aliphatic heterocycles. The average molecular weight is 342 g/mol. The normalized spacial score (nSPS) is 16.8. The monoisotopic (exact) mass is 342 g/mol. The highest BCUT2D eigenvalue weighted by Crippen LogP contribution is 2.38. The van der Waals surface area contributed by atoms with Crippen LogP contribution in [0.5, 0.6) is 0 Å². The summed E-state index contributed by atoms with van der Waals surface area (Å²) < 4.78 is 0. The van der Waals surface area contributed by atoms with Crippen LogP contribution in [0, 0.1) is 11.8 Å². The molecular formula is C17H18N4O2S. The van der Waals surface area contributed by atoms with E-state index in [1.54, 1.807) is 43.2 Å². The molecule has 1 atom stereocenters. The molecule has 1 aliphatic rings. The summed E-state index contributed by atoms with van der Waals surface area (Å²) >= 11 is 1.37. The minimum Gasteiger partial charge on any atom is -0.344 e. The van der Waals surface area contributed by atoms with Gasteiger partial charge in [0.15, 0.2) is 0 Å². The van der Waals surface area contributed by atoms with E-state index in [1.165, 1.54) is 11.3 Å². The van der Waals surface area contributed by atoms with E-state index in [0.717, 1.165) is 22.3 Å². The van der Waals surface area contributed by atoms with Crippen molar-refractivity contribution >= 4 is 33.5 Å². The van der Waals surface area contributed by atoms with Gasteiger partial charge in [-0.3, -0.25) is 14.6 Å². The summed E-state index contributed by atoms with van der Waals surface area (Å²) in [5.74, 6) is 5.10. The number of hydrogen-bond donors (Lipinski definition) is 0. The van der Waals surface area contributed by atoms with Crippen LogP contribution in [0.3, 0.4) is 0 Å². The smallest absolute Gasteiger partial charge is 0.298 e. The van der Waals surface area contributed by atoms with Gasteiger partial charge in [0.2, 0.25) is 0 Å². The van der Waals surface area contributed by atoms with Crippen LogP contribution < -0.4 is 0 Å².